The highest BCUT2D eigenvalue weighted by molar-refractivity contribution is 6.30. The summed E-state index contributed by atoms with van der Waals surface area (Å²) in [5.41, 5.74) is -1.24. The van der Waals surface area contributed by atoms with Gasteiger partial charge in [0.05, 0.1) is 24.3 Å². The highest BCUT2D eigenvalue weighted by Crippen LogP contribution is 2.47. The molecule has 2 fully saturated rings. The molecule has 4 nitrogen and oxygen atoms in total. The van der Waals surface area contributed by atoms with Crippen molar-refractivity contribution in [3.63, 3.8) is 0 Å². The maximum Gasteiger partial charge on any atom is 0.418 e. The number of amides is 1. The fraction of sp³-hybridized carbons (Fsp3) is 0.476. The standard InChI is InChI=1S/C21H22ClF3N2O2/c1-12-8-16(12)19-7-5-15(29-19)10-27(14-3-4-14)11-20(28)26-18-6-2-13(22)9-17(18)21(23,24)25/h2,5-7,9,12,14,16H,3-4,8,10-11H2,1H3,(H,26,28)/t12-,16+/m0/s1. The van der Waals surface area contributed by atoms with Crippen LogP contribution in [0.4, 0.5) is 18.9 Å². The molecular weight excluding hydrogens is 405 g/mol. The third kappa shape index (κ3) is 4.95. The summed E-state index contributed by atoms with van der Waals surface area (Å²) in [5, 5.41) is 2.36. The van der Waals surface area contributed by atoms with Crippen molar-refractivity contribution >= 4 is 23.2 Å². The molecule has 4 rings (SSSR count). The van der Waals surface area contributed by atoms with Crippen LogP contribution >= 0.6 is 11.6 Å². The molecule has 1 aromatic carbocycles. The number of benzene rings is 1. The van der Waals surface area contributed by atoms with Crippen molar-refractivity contribution in [1.29, 1.82) is 0 Å². The first-order chi connectivity index (χ1) is 13.7. The van der Waals surface area contributed by atoms with Crippen LogP contribution < -0.4 is 5.32 Å². The van der Waals surface area contributed by atoms with Crippen molar-refractivity contribution in [2.75, 3.05) is 11.9 Å². The summed E-state index contributed by atoms with van der Waals surface area (Å²) in [6, 6.07) is 7.49. The van der Waals surface area contributed by atoms with Gasteiger partial charge < -0.3 is 9.73 Å². The Balaban J connectivity index is 1.42. The Morgan fingerprint density at radius 3 is 2.62 bits per heavy atom. The summed E-state index contributed by atoms with van der Waals surface area (Å²) in [5.74, 6) is 2.38. The first kappa shape index (κ1) is 20.3. The second-order valence-corrected chi connectivity index (χ2v) is 8.43. The Morgan fingerprint density at radius 1 is 1.28 bits per heavy atom. The van der Waals surface area contributed by atoms with Gasteiger partial charge >= 0.3 is 6.18 Å². The van der Waals surface area contributed by atoms with Crippen LogP contribution in [0.2, 0.25) is 5.02 Å². The lowest BCUT2D eigenvalue weighted by molar-refractivity contribution is -0.137. The van der Waals surface area contributed by atoms with Crippen LogP contribution in [0.25, 0.3) is 0 Å². The lowest BCUT2D eigenvalue weighted by Gasteiger charge is -2.21. The van der Waals surface area contributed by atoms with Gasteiger partial charge in [0.25, 0.3) is 0 Å². The van der Waals surface area contributed by atoms with E-state index in [2.05, 4.69) is 12.2 Å². The third-order valence-corrected chi connectivity index (χ3v) is 5.72. The van der Waals surface area contributed by atoms with Crippen LogP contribution in [0.15, 0.2) is 34.7 Å². The van der Waals surface area contributed by atoms with Crippen LogP contribution in [-0.4, -0.2) is 23.4 Å². The summed E-state index contributed by atoms with van der Waals surface area (Å²) in [4.78, 5) is 14.4. The SMILES string of the molecule is C[C@H]1C[C@H]1c1ccc(CN(CC(=O)Nc2ccc(Cl)cc2C(F)(F)F)C2CC2)o1. The number of anilines is 1. The van der Waals surface area contributed by atoms with E-state index in [9.17, 15) is 18.0 Å². The monoisotopic (exact) mass is 426 g/mol. The number of furan rings is 1. The van der Waals surface area contributed by atoms with Gasteiger partial charge in [0.1, 0.15) is 11.5 Å². The minimum atomic E-state index is -4.60. The molecule has 0 spiro atoms. The second-order valence-electron chi connectivity index (χ2n) is 8.00. The first-order valence-corrected chi connectivity index (χ1v) is 10.1. The number of alkyl halides is 3. The van der Waals surface area contributed by atoms with E-state index in [1.807, 2.05) is 17.0 Å². The van der Waals surface area contributed by atoms with Crippen molar-refractivity contribution in [3.8, 4) is 0 Å². The number of carbonyl (C=O) groups is 1. The lowest BCUT2D eigenvalue weighted by Crippen LogP contribution is -2.34. The third-order valence-electron chi connectivity index (χ3n) is 5.49. The normalized spacial score (nSPS) is 21.4. The number of nitrogens with zero attached hydrogens (tertiary/aromatic N) is 1. The molecule has 2 aliphatic rings. The topological polar surface area (TPSA) is 45.5 Å². The van der Waals surface area contributed by atoms with Crippen LogP contribution in [-0.2, 0) is 17.5 Å². The van der Waals surface area contributed by atoms with Gasteiger partial charge in [0, 0.05) is 17.0 Å². The summed E-state index contributed by atoms with van der Waals surface area (Å²) in [7, 11) is 0. The number of rotatable bonds is 7. The van der Waals surface area contributed by atoms with Crippen LogP contribution in [0.3, 0.4) is 0 Å². The number of halogens is 4. The molecule has 1 heterocycles. The zero-order chi connectivity index (χ0) is 20.8. The van der Waals surface area contributed by atoms with Gasteiger partial charge in [-0.1, -0.05) is 18.5 Å². The number of hydrogen-bond acceptors (Lipinski definition) is 3. The first-order valence-electron chi connectivity index (χ1n) is 9.70. The lowest BCUT2D eigenvalue weighted by atomic mass is 10.1. The highest BCUT2D eigenvalue weighted by Gasteiger charge is 2.37. The molecule has 1 N–H and O–H groups in total. The van der Waals surface area contributed by atoms with E-state index in [1.54, 1.807) is 0 Å². The molecule has 29 heavy (non-hydrogen) atoms. The van der Waals surface area contributed by atoms with Crippen molar-refractivity contribution < 1.29 is 22.4 Å². The zero-order valence-corrected chi connectivity index (χ0v) is 16.7. The van der Waals surface area contributed by atoms with Gasteiger partial charge in [-0.25, -0.2) is 0 Å². The molecule has 0 bridgehead atoms. The Kier molecular flexibility index (Phi) is 5.38. The van der Waals surface area contributed by atoms with E-state index in [1.165, 1.54) is 12.1 Å². The molecule has 8 heteroatoms. The van der Waals surface area contributed by atoms with E-state index < -0.39 is 17.6 Å². The largest absolute Gasteiger partial charge is 0.464 e. The van der Waals surface area contributed by atoms with E-state index >= 15 is 0 Å². The van der Waals surface area contributed by atoms with Crippen molar-refractivity contribution in [2.24, 2.45) is 5.92 Å². The molecule has 2 aromatic rings. The molecule has 2 atom stereocenters. The Labute approximate surface area is 172 Å². The van der Waals surface area contributed by atoms with E-state index in [0.717, 1.165) is 36.8 Å². The summed E-state index contributed by atoms with van der Waals surface area (Å²) < 4.78 is 45.6. The molecule has 1 aromatic heterocycles. The minimum absolute atomic E-state index is 0.000451. The van der Waals surface area contributed by atoms with E-state index in [-0.39, 0.29) is 23.3 Å². The van der Waals surface area contributed by atoms with Gasteiger partial charge in [0.15, 0.2) is 0 Å². The fourth-order valence-corrected chi connectivity index (χ4v) is 3.76. The van der Waals surface area contributed by atoms with E-state index in [0.29, 0.717) is 18.4 Å². The molecule has 1 amide bonds. The van der Waals surface area contributed by atoms with E-state index in [4.69, 9.17) is 16.0 Å². The molecule has 2 aliphatic carbocycles. The molecule has 0 unspecified atom stereocenters. The van der Waals surface area contributed by atoms with Gasteiger partial charge in [-0.2, -0.15) is 13.2 Å². The number of carbonyl (C=O) groups excluding carboxylic acids is 1. The Hall–Kier alpha value is -1.99. The predicted octanol–water partition coefficient (Wildman–Crippen LogP) is 5.68. The molecular formula is C21H22ClF3N2O2. The zero-order valence-electron chi connectivity index (χ0n) is 15.9. The highest BCUT2D eigenvalue weighted by atomic mass is 35.5. The van der Waals surface area contributed by atoms with Crippen molar-refractivity contribution in [3.05, 3.63) is 52.4 Å². The van der Waals surface area contributed by atoms with Gasteiger partial charge in [-0.15, -0.1) is 0 Å². The molecule has 0 saturated heterocycles. The average molecular weight is 427 g/mol. The Morgan fingerprint density at radius 2 is 2.00 bits per heavy atom. The quantitative estimate of drug-likeness (QED) is 0.619. The molecule has 2 saturated carbocycles. The Bertz CT molecular complexity index is 908. The van der Waals surface area contributed by atoms with Crippen LogP contribution in [0.1, 0.15) is 49.2 Å². The van der Waals surface area contributed by atoms with Crippen LogP contribution in [0.5, 0.6) is 0 Å². The van der Waals surface area contributed by atoms with Gasteiger partial charge in [0.2, 0.25) is 5.91 Å². The maximum absolute atomic E-state index is 13.2. The predicted molar refractivity (Wildman–Crippen MR) is 104 cm³/mol. The van der Waals surface area contributed by atoms with Crippen LogP contribution in [0, 0.1) is 5.92 Å². The van der Waals surface area contributed by atoms with Crippen molar-refractivity contribution in [2.45, 2.75) is 50.9 Å². The summed E-state index contributed by atoms with van der Waals surface area (Å²) in [6.07, 6.45) is -1.54. The average Bonchev–Trinajstić information content (AvgIpc) is 3.55. The molecule has 0 radical (unpaired) electrons. The summed E-state index contributed by atoms with van der Waals surface area (Å²) >= 11 is 5.69. The fourth-order valence-electron chi connectivity index (χ4n) is 3.59. The van der Waals surface area contributed by atoms with Gasteiger partial charge in [-0.05, 0) is 55.5 Å². The summed E-state index contributed by atoms with van der Waals surface area (Å²) in [6.45, 7) is 2.64. The molecule has 156 valence electrons. The molecule has 0 aliphatic heterocycles. The number of hydrogen-bond donors (Lipinski definition) is 1. The minimum Gasteiger partial charge on any atom is -0.464 e. The number of nitrogens with one attached hydrogen (secondary N) is 1. The smallest absolute Gasteiger partial charge is 0.418 e. The van der Waals surface area contributed by atoms with Gasteiger partial charge in [-0.3, -0.25) is 9.69 Å². The second kappa shape index (κ2) is 7.69. The van der Waals surface area contributed by atoms with Crippen molar-refractivity contribution in [1.82, 2.24) is 4.90 Å². The maximum atomic E-state index is 13.2.